The molecule has 1 aliphatic heterocycles. The van der Waals surface area contributed by atoms with Crippen LogP contribution in [0.3, 0.4) is 0 Å². The quantitative estimate of drug-likeness (QED) is 0.269. The molecule has 1 saturated heterocycles. The zero-order valence-electron chi connectivity index (χ0n) is 27.5. The zero-order chi connectivity index (χ0) is 32.2. The number of likely N-dealkylation sites (N-methyl/N-ethyl adjacent to an activating group) is 1. The highest BCUT2D eigenvalue weighted by molar-refractivity contribution is 7.89. The molecular weight excluding hydrogens is 568 g/mol. The number of aliphatic hydroxyl groups excluding tert-OH is 1. The lowest BCUT2D eigenvalue weighted by atomic mass is 10.1. The summed E-state index contributed by atoms with van der Waals surface area (Å²) >= 11 is 0. The average molecular weight is 624 g/mol. The number of benzene rings is 2. The Kier molecular flexibility index (Phi) is 15.2. The lowest BCUT2D eigenvalue weighted by Gasteiger charge is -2.26. The van der Waals surface area contributed by atoms with E-state index in [0.717, 1.165) is 43.9 Å². The molecule has 1 aliphatic carbocycles. The Morgan fingerprint density at radius 2 is 1.53 bits per heavy atom. The molecule has 0 spiro atoms. The maximum atomic E-state index is 12.2. The van der Waals surface area contributed by atoms with Crippen molar-refractivity contribution in [3.8, 4) is 0 Å². The van der Waals surface area contributed by atoms with Crippen LogP contribution < -0.4 is 0 Å². The number of hydrogen-bond acceptors (Lipinski definition) is 5. The highest BCUT2D eigenvalue weighted by Crippen LogP contribution is 2.46. The van der Waals surface area contributed by atoms with E-state index in [1.807, 2.05) is 19.1 Å². The van der Waals surface area contributed by atoms with Gasteiger partial charge in [0.2, 0.25) is 10.0 Å². The smallest absolute Gasteiger partial charge is 0.242 e. The third-order valence-electron chi connectivity index (χ3n) is 8.42. The standard InChI is InChI=1S/C14H28N2O.C13H21NO2S.C7H6F2/c1-4-7-15(3)12-8-13(10-17)16(9-12)11-14(2)5-6-14;1-4-5-6-11-14(3)17(15,16)13-9-7-12(2)8-10-13;1-5-2-6(8)4-7(9)3-5/h12-13,17H,4-11H2,1-3H3;7-10H,4-6,11H2,1-3H3;2-4H,1H3. The molecule has 244 valence electrons. The molecule has 0 radical (unpaired) electrons. The first kappa shape index (κ1) is 37.3. The van der Waals surface area contributed by atoms with E-state index >= 15 is 0 Å². The first-order valence-corrected chi connectivity index (χ1v) is 17.2. The van der Waals surface area contributed by atoms with Gasteiger partial charge in [0.1, 0.15) is 11.6 Å². The molecular formula is C34H55F2N3O3S. The topological polar surface area (TPSA) is 64.1 Å². The molecule has 2 aromatic rings. The van der Waals surface area contributed by atoms with Crippen molar-refractivity contribution in [3.05, 3.63) is 65.2 Å². The van der Waals surface area contributed by atoms with Crippen LogP contribution in [0.25, 0.3) is 0 Å². The Labute approximate surface area is 260 Å². The predicted octanol–water partition coefficient (Wildman–Crippen LogP) is 6.64. The summed E-state index contributed by atoms with van der Waals surface area (Å²) in [6.07, 6.45) is 8.18. The van der Waals surface area contributed by atoms with Crippen molar-refractivity contribution in [3.63, 3.8) is 0 Å². The number of aryl methyl sites for hydroxylation is 2. The number of rotatable bonds is 12. The summed E-state index contributed by atoms with van der Waals surface area (Å²) in [6.45, 7) is 14.7. The molecule has 0 amide bonds. The molecule has 2 atom stereocenters. The van der Waals surface area contributed by atoms with Crippen LogP contribution in [0.4, 0.5) is 8.78 Å². The van der Waals surface area contributed by atoms with Crippen molar-refractivity contribution < 1.29 is 22.3 Å². The molecule has 4 rings (SSSR count). The summed E-state index contributed by atoms with van der Waals surface area (Å²) < 4.78 is 50.1. The highest BCUT2D eigenvalue weighted by Gasteiger charge is 2.43. The first-order valence-electron chi connectivity index (χ1n) is 15.8. The molecule has 2 aromatic carbocycles. The van der Waals surface area contributed by atoms with Gasteiger partial charge in [0.15, 0.2) is 0 Å². The van der Waals surface area contributed by atoms with E-state index in [9.17, 15) is 22.3 Å². The number of hydrogen-bond donors (Lipinski definition) is 1. The highest BCUT2D eigenvalue weighted by atomic mass is 32.2. The Morgan fingerprint density at radius 3 is 2.02 bits per heavy atom. The molecule has 1 saturated carbocycles. The normalized spacial score (nSPS) is 19.5. The fourth-order valence-electron chi connectivity index (χ4n) is 5.34. The van der Waals surface area contributed by atoms with Crippen LogP contribution in [0.1, 0.15) is 76.8 Å². The summed E-state index contributed by atoms with van der Waals surface area (Å²) in [4.78, 5) is 5.38. The van der Waals surface area contributed by atoms with Crippen LogP contribution in [0, 0.1) is 30.9 Å². The molecule has 43 heavy (non-hydrogen) atoms. The van der Waals surface area contributed by atoms with Gasteiger partial charge in [0, 0.05) is 44.8 Å². The second kappa shape index (κ2) is 17.5. The Balaban J connectivity index is 0.000000236. The molecule has 9 heteroatoms. The second-order valence-corrected chi connectivity index (χ2v) is 14.8. The monoisotopic (exact) mass is 623 g/mol. The largest absolute Gasteiger partial charge is 0.395 e. The van der Waals surface area contributed by atoms with Gasteiger partial charge >= 0.3 is 0 Å². The number of nitrogens with zero attached hydrogens (tertiary/aromatic N) is 3. The van der Waals surface area contributed by atoms with Gasteiger partial charge in [0.05, 0.1) is 11.5 Å². The van der Waals surface area contributed by atoms with Gasteiger partial charge in [-0.15, -0.1) is 0 Å². The van der Waals surface area contributed by atoms with Gasteiger partial charge in [-0.3, -0.25) is 4.90 Å². The van der Waals surface area contributed by atoms with Gasteiger partial charge in [-0.25, -0.2) is 21.5 Å². The summed E-state index contributed by atoms with van der Waals surface area (Å²) in [6, 6.07) is 11.5. The van der Waals surface area contributed by atoms with Gasteiger partial charge in [-0.1, -0.05) is 51.3 Å². The Bertz CT molecular complexity index is 1160. The van der Waals surface area contributed by atoms with Crippen LogP contribution in [-0.4, -0.2) is 86.6 Å². The molecule has 2 unspecified atom stereocenters. The van der Waals surface area contributed by atoms with Gasteiger partial charge in [-0.05, 0) is 94.8 Å². The van der Waals surface area contributed by atoms with Crippen molar-refractivity contribution in [1.82, 2.24) is 14.1 Å². The number of sulfonamides is 1. The number of unbranched alkanes of at least 4 members (excludes halogenated alkanes) is 2. The SMILES string of the molecule is CCCCCN(C)S(=O)(=O)c1ccc(C)cc1.CCCN(C)C1CC(CO)N(CC2(C)CC2)C1.Cc1cc(F)cc(F)c1. The average Bonchev–Trinajstić information content (AvgIpc) is 3.52. The first-order chi connectivity index (χ1) is 20.2. The van der Waals surface area contributed by atoms with Gasteiger partial charge in [0.25, 0.3) is 0 Å². The van der Waals surface area contributed by atoms with Crippen molar-refractivity contribution >= 4 is 10.0 Å². The van der Waals surface area contributed by atoms with Crippen molar-refractivity contribution in [1.29, 1.82) is 0 Å². The minimum Gasteiger partial charge on any atom is -0.395 e. The number of halogens is 2. The van der Waals surface area contributed by atoms with Crippen molar-refractivity contribution in [2.24, 2.45) is 5.41 Å². The van der Waals surface area contributed by atoms with Crippen molar-refractivity contribution in [2.75, 3.05) is 46.9 Å². The molecule has 2 fully saturated rings. The van der Waals surface area contributed by atoms with Crippen LogP contribution >= 0.6 is 0 Å². The van der Waals surface area contributed by atoms with E-state index in [2.05, 4.69) is 37.6 Å². The van der Waals surface area contributed by atoms with Gasteiger partial charge in [-0.2, -0.15) is 0 Å². The molecule has 0 bridgehead atoms. The van der Waals surface area contributed by atoms with E-state index in [1.165, 1.54) is 48.8 Å². The lowest BCUT2D eigenvalue weighted by molar-refractivity contribution is 0.139. The maximum absolute atomic E-state index is 12.2. The second-order valence-electron chi connectivity index (χ2n) is 12.7. The lowest BCUT2D eigenvalue weighted by Crippen LogP contribution is -2.38. The summed E-state index contributed by atoms with van der Waals surface area (Å²) in [5.74, 6) is -1.04. The third-order valence-corrected chi connectivity index (χ3v) is 10.3. The fourth-order valence-corrected chi connectivity index (χ4v) is 6.55. The molecule has 2 aliphatic rings. The minimum atomic E-state index is -3.30. The van der Waals surface area contributed by atoms with Crippen LogP contribution in [0.2, 0.25) is 0 Å². The molecule has 1 N–H and O–H groups in total. The van der Waals surface area contributed by atoms with Crippen LogP contribution in [0.5, 0.6) is 0 Å². The summed E-state index contributed by atoms with van der Waals surface area (Å²) in [5, 5.41) is 9.52. The molecule has 1 heterocycles. The summed E-state index contributed by atoms with van der Waals surface area (Å²) in [5.41, 5.74) is 2.23. The van der Waals surface area contributed by atoms with E-state index in [-0.39, 0.29) is 0 Å². The van der Waals surface area contributed by atoms with E-state index in [4.69, 9.17) is 0 Å². The van der Waals surface area contributed by atoms with Crippen molar-refractivity contribution in [2.45, 2.75) is 96.5 Å². The fraction of sp³-hybridized carbons (Fsp3) is 0.647. The molecule has 6 nitrogen and oxygen atoms in total. The maximum Gasteiger partial charge on any atom is 0.242 e. The zero-order valence-corrected chi connectivity index (χ0v) is 28.3. The Hall–Kier alpha value is -1.91. The van der Waals surface area contributed by atoms with E-state index < -0.39 is 21.7 Å². The van der Waals surface area contributed by atoms with Crippen LogP contribution in [-0.2, 0) is 10.0 Å². The predicted molar refractivity (Wildman–Crippen MR) is 173 cm³/mol. The third kappa shape index (κ3) is 12.5. The van der Waals surface area contributed by atoms with E-state index in [0.29, 0.717) is 41.1 Å². The molecule has 0 aromatic heterocycles. The number of aliphatic hydroxyl groups is 1. The van der Waals surface area contributed by atoms with Crippen LogP contribution in [0.15, 0.2) is 47.4 Å². The van der Waals surface area contributed by atoms with Gasteiger partial charge < -0.3 is 10.0 Å². The number of likely N-dealkylation sites (tertiary alicyclic amines) is 1. The summed E-state index contributed by atoms with van der Waals surface area (Å²) in [7, 11) is 0.568. The Morgan fingerprint density at radius 1 is 0.930 bits per heavy atom. The van der Waals surface area contributed by atoms with E-state index in [1.54, 1.807) is 26.1 Å². The minimum absolute atomic E-state index is 0.326.